The van der Waals surface area contributed by atoms with Crippen molar-refractivity contribution in [3.63, 3.8) is 0 Å². The molecule has 0 spiro atoms. The van der Waals surface area contributed by atoms with Gasteiger partial charge in [-0.15, -0.1) is 0 Å². The molecule has 0 radical (unpaired) electrons. The van der Waals surface area contributed by atoms with Gasteiger partial charge in [-0.1, -0.05) is 26.1 Å². The molecule has 25 heavy (non-hydrogen) atoms. The predicted octanol–water partition coefficient (Wildman–Crippen LogP) is 2.64. The van der Waals surface area contributed by atoms with Crippen molar-refractivity contribution in [1.82, 2.24) is 4.98 Å². The molecule has 0 unspecified atom stereocenters. The van der Waals surface area contributed by atoms with Crippen molar-refractivity contribution in [2.75, 3.05) is 24.0 Å². The average Bonchev–Trinajstić information content (AvgIpc) is 3.40. The summed E-state index contributed by atoms with van der Waals surface area (Å²) in [5, 5.41) is 7.27. The maximum Gasteiger partial charge on any atom is 0.252 e. The van der Waals surface area contributed by atoms with Crippen molar-refractivity contribution in [3.8, 4) is 0 Å². The van der Waals surface area contributed by atoms with Gasteiger partial charge in [-0.25, -0.2) is 4.98 Å². The Hall–Kier alpha value is -2.46. The van der Waals surface area contributed by atoms with Gasteiger partial charge in [0.15, 0.2) is 0 Å². The van der Waals surface area contributed by atoms with Gasteiger partial charge in [-0.3, -0.25) is 9.59 Å². The lowest BCUT2D eigenvalue weighted by Crippen LogP contribution is -2.18. The number of para-hydroxylation sites is 1. The van der Waals surface area contributed by atoms with E-state index in [2.05, 4.69) is 35.0 Å². The second-order valence-corrected chi connectivity index (χ2v) is 8.55. The first kappa shape index (κ1) is 17.4. The van der Waals surface area contributed by atoms with E-state index in [1.165, 1.54) is 11.5 Å². The topological polar surface area (TPSA) is 97.1 Å². The van der Waals surface area contributed by atoms with E-state index in [9.17, 15) is 9.59 Å². The number of anilines is 3. The quantitative estimate of drug-likeness (QED) is 0.693. The normalized spacial score (nSPS) is 13.6. The summed E-state index contributed by atoms with van der Waals surface area (Å²) < 4.78 is 0. The molecule has 1 fully saturated rings. The second kappa shape index (κ2) is 7.19. The molecule has 1 aromatic carbocycles. The molecule has 7 heteroatoms. The highest BCUT2D eigenvalue weighted by Gasteiger charge is 2.30. The molecule has 2 amide bonds. The van der Waals surface area contributed by atoms with Crippen LogP contribution < -0.4 is 21.7 Å². The first-order chi connectivity index (χ1) is 12.0. The van der Waals surface area contributed by atoms with E-state index < -0.39 is 5.91 Å². The monoisotopic (exact) mass is 356 g/mol. The number of nitrogens with one attached hydrogen (secondary N) is 2. The van der Waals surface area contributed by atoms with Crippen LogP contribution in [0.1, 0.15) is 23.2 Å². The van der Waals surface area contributed by atoms with Gasteiger partial charge in [0, 0.05) is 23.9 Å². The number of hydrogen-bond acceptors (Lipinski definition) is 4. The number of benzene rings is 1. The van der Waals surface area contributed by atoms with E-state index in [1.54, 1.807) is 6.07 Å². The Kier molecular flexibility index (Phi) is 5.00. The minimum absolute atomic E-state index is 0.0312. The zero-order valence-electron chi connectivity index (χ0n) is 14.2. The number of primary amides is 1. The highest BCUT2D eigenvalue weighted by atomic mass is 31.1. The fourth-order valence-corrected chi connectivity index (χ4v) is 3.51. The van der Waals surface area contributed by atoms with Crippen molar-refractivity contribution in [3.05, 3.63) is 42.1 Å². The van der Waals surface area contributed by atoms with Gasteiger partial charge in [0.25, 0.3) is 5.91 Å². The largest absolute Gasteiger partial charge is 0.365 e. The number of rotatable bonds is 6. The van der Waals surface area contributed by atoms with E-state index >= 15 is 0 Å². The van der Waals surface area contributed by atoms with Crippen LogP contribution >= 0.6 is 7.92 Å². The Balaban J connectivity index is 1.92. The standard InChI is InChI=1S/C18H21N4O2P/c1-25(2)15-6-4-3-5-13(15)21-14-9-16(20-10-12(14)17(19)23)22-18(24)11-7-8-11/h3-6,9-11H,7-8H2,1-2H3,(H2,19,23)(H2,20,21,22,24). The van der Waals surface area contributed by atoms with Crippen molar-refractivity contribution < 1.29 is 9.59 Å². The minimum atomic E-state index is -0.567. The van der Waals surface area contributed by atoms with Crippen LogP contribution in [0.25, 0.3) is 0 Å². The Labute approximate surface area is 148 Å². The Morgan fingerprint density at radius 1 is 1.20 bits per heavy atom. The summed E-state index contributed by atoms with van der Waals surface area (Å²) in [6, 6.07) is 9.61. The maximum atomic E-state index is 11.9. The van der Waals surface area contributed by atoms with Crippen LogP contribution in [-0.2, 0) is 4.79 Å². The molecule has 0 bridgehead atoms. The van der Waals surface area contributed by atoms with Crippen LogP contribution in [0.2, 0.25) is 0 Å². The predicted molar refractivity (Wildman–Crippen MR) is 102 cm³/mol. The number of pyridine rings is 1. The van der Waals surface area contributed by atoms with Crippen molar-refractivity contribution >= 4 is 42.2 Å². The lowest BCUT2D eigenvalue weighted by Gasteiger charge is -2.17. The zero-order valence-corrected chi connectivity index (χ0v) is 15.1. The Morgan fingerprint density at radius 2 is 1.92 bits per heavy atom. The molecule has 0 saturated heterocycles. The average molecular weight is 356 g/mol. The highest BCUT2D eigenvalue weighted by molar-refractivity contribution is 7.64. The zero-order chi connectivity index (χ0) is 18.0. The van der Waals surface area contributed by atoms with Gasteiger partial charge in [0.2, 0.25) is 5.91 Å². The number of carbonyl (C=O) groups excluding carboxylic acids is 2. The molecule has 3 rings (SSSR count). The van der Waals surface area contributed by atoms with E-state index in [0.29, 0.717) is 11.5 Å². The smallest absolute Gasteiger partial charge is 0.252 e. The molecule has 1 aliphatic rings. The van der Waals surface area contributed by atoms with Gasteiger partial charge in [-0.05, 0) is 37.5 Å². The summed E-state index contributed by atoms with van der Waals surface area (Å²) in [6.45, 7) is 4.33. The molecular weight excluding hydrogens is 335 g/mol. The third-order valence-electron chi connectivity index (χ3n) is 4.02. The molecule has 1 aromatic heterocycles. The fourth-order valence-electron chi connectivity index (χ4n) is 2.51. The highest BCUT2D eigenvalue weighted by Crippen LogP contribution is 2.32. The number of aromatic nitrogens is 1. The first-order valence-electron chi connectivity index (χ1n) is 8.10. The molecular formula is C18H21N4O2P. The Bertz CT molecular complexity index is 818. The van der Waals surface area contributed by atoms with Gasteiger partial charge >= 0.3 is 0 Å². The van der Waals surface area contributed by atoms with E-state index in [1.807, 2.05) is 18.2 Å². The number of nitrogens with zero attached hydrogens (tertiary/aromatic N) is 1. The van der Waals surface area contributed by atoms with Gasteiger partial charge in [-0.2, -0.15) is 0 Å². The van der Waals surface area contributed by atoms with Gasteiger partial charge < -0.3 is 16.4 Å². The van der Waals surface area contributed by atoms with Gasteiger partial charge in [0.1, 0.15) is 5.82 Å². The third-order valence-corrected chi connectivity index (χ3v) is 5.38. The number of nitrogens with two attached hydrogens (primary N) is 1. The van der Waals surface area contributed by atoms with E-state index in [0.717, 1.165) is 18.5 Å². The third kappa shape index (κ3) is 4.15. The molecule has 2 aromatic rings. The molecule has 130 valence electrons. The lowest BCUT2D eigenvalue weighted by molar-refractivity contribution is -0.117. The molecule has 4 N–H and O–H groups in total. The van der Waals surface area contributed by atoms with Crippen molar-refractivity contribution in [2.24, 2.45) is 11.7 Å². The van der Waals surface area contributed by atoms with Crippen LogP contribution in [0.15, 0.2) is 36.5 Å². The number of amides is 2. The van der Waals surface area contributed by atoms with Crippen LogP contribution in [0, 0.1) is 5.92 Å². The molecule has 6 nitrogen and oxygen atoms in total. The summed E-state index contributed by atoms with van der Waals surface area (Å²) in [6.07, 6.45) is 3.23. The minimum Gasteiger partial charge on any atom is -0.365 e. The first-order valence-corrected chi connectivity index (χ1v) is 10.3. The molecule has 0 atom stereocenters. The molecule has 1 saturated carbocycles. The lowest BCUT2D eigenvalue weighted by atomic mass is 10.2. The fraction of sp³-hybridized carbons (Fsp3) is 0.278. The summed E-state index contributed by atoms with van der Waals surface area (Å²) in [5.74, 6) is -0.102. The number of hydrogen-bond donors (Lipinski definition) is 3. The second-order valence-electron chi connectivity index (χ2n) is 6.28. The Morgan fingerprint density at radius 3 is 2.56 bits per heavy atom. The maximum absolute atomic E-state index is 11.9. The number of carbonyl (C=O) groups is 2. The summed E-state index contributed by atoms with van der Waals surface area (Å²) in [7, 11) is -0.324. The van der Waals surface area contributed by atoms with E-state index in [-0.39, 0.29) is 25.3 Å². The summed E-state index contributed by atoms with van der Waals surface area (Å²) in [4.78, 5) is 27.8. The van der Waals surface area contributed by atoms with Crippen LogP contribution in [-0.4, -0.2) is 30.1 Å². The SMILES string of the molecule is CP(C)c1ccccc1Nc1cc(NC(=O)C2CC2)ncc1C(N)=O. The van der Waals surface area contributed by atoms with Gasteiger partial charge in [0.05, 0.1) is 11.3 Å². The molecule has 1 aliphatic carbocycles. The van der Waals surface area contributed by atoms with Crippen LogP contribution in [0.5, 0.6) is 0 Å². The van der Waals surface area contributed by atoms with Crippen molar-refractivity contribution in [2.45, 2.75) is 12.8 Å². The van der Waals surface area contributed by atoms with Crippen LogP contribution in [0.4, 0.5) is 17.2 Å². The van der Waals surface area contributed by atoms with E-state index in [4.69, 9.17) is 5.73 Å². The van der Waals surface area contributed by atoms with Crippen LogP contribution in [0.3, 0.4) is 0 Å². The molecule has 1 heterocycles. The molecule has 0 aliphatic heterocycles. The summed E-state index contributed by atoms with van der Waals surface area (Å²) in [5.41, 5.74) is 7.22. The van der Waals surface area contributed by atoms with Crippen molar-refractivity contribution in [1.29, 1.82) is 0 Å². The summed E-state index contributed by atoms with van der Waals surface area (Å²) >= 11 is 0.